The Kier molecular flexibility index (Phi) is 2.95. The van der Waals surface area contributed by atoms with Gasteiger partial charge in [-0.05, 0) is 25.3 Å². The first kappa shape index (κ1) is 9.36. The lowest BCUT2D eigenvalue weighted by atomic mass is 10.2. The maximum atomic E-state index is 5.88. The quantitative estimate of drug-likeness (QED) is 0.712. The third-order valence-corrected chi connectivity index (χ3v) is 1.94. The second-order valence-electron chi connectivity index (χ2n) is 2.29. The van der Waals surface area contributed by atoms with Crippen molar-refractivity contribution in [2.45, 2.75) is 6.92 Å². The van der Waals surface area contributed by atoms with Crippen LogP contribution in [0.2, 0.25) is 10.2 Å². The minimum atomic E-state index is 0.395. The van der Waals surface area contributed by atoms with E-state index in [0.29, 0.717) is 10.2 Å². The molecule has 0 saturated heterocycles. The zero-order chi connectivity index (χ0) is 9.14. The third-order valence-electron chi connectivity index (χ3n) is 1.43. The lowest BCUT2D eigenvalue weighted by molar-refractivity contribution is 1.19. The zero-order valence-electron chi connectivity index (χ0n) is 6.51. The van der Waals surface area contributed by atoms with Crippen molar-refractivity contribution in [2.24, 2.45) is 5.73 Å². The molecular formula is C8H8Cl2N2. The number of pyridine rings is 1. The molecule has 2 nitrogen and oxygen atoms in total. The first-order chi connectivity index (χ1) is 5.65. The summed E-state index contributed by atoms with van der Waals surface area (Å²) in [6.07, 6.45) is 3.12. The Morgan fingerprint density at radius 3 is 2.67 bits per heavy atom. The Bertz CT molecular complexity index is 298. The predicted molar refractivity (Wildman–Crippen MR) is 52.2 cm³/mol. The van der Waals surface area contributed by atoms with E-state index in [2.05, 4.69) is 4.98 Å². The highest BCUT2D eigenvalue weighted by Gasteiger charge is 2.03. The summed E-state index contributed by atoms with van der Waals surface area (Å²) < 4.78 is 0. The highest BCUT2D eigenvalue weighted by molar-refractivity contribution is 6.35. The Balaban J connectivity index is 3.28. The number of rotatable bonds is 1. The summed E-state index contributed by atoms with van der Waals surface area (Å²) in [7, 11) is 0. The van der Waals surface area contributed by atoms with Gasteiger partial charge in [-0.2, -0.15) is 0 Å². The number of halogens is 2. The molecule has 0 bridgehead atoms. The fraction of sp³-hybridized carbons (Fsp3) is 0.125. The molecule has 0 aliphatic heterocycles. The Hall–Kier alpha value is -0.730. The number of hydrogen-bond donors (Lipinski definition) is 1. The first-order valence-corrected chi connectivity index (χ1v) is 4.11. The lowest BCUT2D eigenvalue weighted by Gasteiger charge is -2.02. The summed E-state index contributed by atoms with van der Waals surface area (Å²) >= 11 is 11.6. The number of aromatic nitrogens is 1. The van der Waals surface area contributed by atoms with Gasteiger partial charge >= 0.3 is 0 Å². The maximum Gasteiger partial charge on any atom is 0.130 e. The van der Waals surface area contributed by atoms with E-state index >= 15 is 0 Å². The molecule has 1 aromatic heterocycles. The van der Waals surface area contributed by atoms with E-state index in [1.807, 2.05) is 6.92 Å². The van der Waals surface area contributed by atoms with Crippen LogP contribution < -0.4 is 5.73 Å². The van der Waals surface area contributed by atoms with Gasteiger partial charge in [-0.25, -0.2) is 4.98 Å². The van der Waals surface area contributed by atoms with E-state index in [-0.39, 0.29) is 0 Å². The van der Waals surface area contributed by atoms with Crippen LogP contribution >= 0.6 is 23.2 Å². The van der Waals surface area contributed by atoms with E-state index < -0.39 is 0 Å². The molecule has 0 aliphatic rings. The molecule has 0 atom stereocenters. The molecule has 4 heteroatoms. The van der Waals surface area contributed by atoms with Gasteiger partial charge in [0.25, 0.3) is 0 Å². The summed E-state index contributed by atoms with van der Waals surface area (Å²) in [5, 5.41) is 0.959. The van der Waals surface area contributed by atoms with Gasteiger partial charge < -0.3 is 5.73 Å². The van der Waals surface area contributed by atoms with Gasteiger partial charge in [-0.1, -0.05) is 23.2 Å². The van der Waals surface area contributed by atoms with Crippen molar-refractivity contribution >= 4 is 29.3 Å². The molecule has 0 saturated carbocycles. The number of nitrogens with zero attached hydrogens (tertiary/aromatic N) is 1. The minimum absolute atomic E-state index is 0.395. The van der Waals surface area contributed by atoms with Gasteiger partial charge in [0.1, 0.15) is 5.15 Å². The van der Waals surface area contributed by atoms with Gasteiger partial charge in [-0.3, -0.25) is 0 Å². The van der Waals surface area contributed by atoms with Crippen LogP contribution in [-0.2, 0) is 0 Å². The number of aryl methyl sites for hydroxylation is 1. The monoisotopic (exact) mass is 202 g/mol. The van der Waals surface area contributed by atoms with Crippen molar-refractivity contribution in [1.29, 1.82) is 0 Å². The molecule has 0 radical (unpaired) electrons. The van der Waals surface area contributed by atoms with Crippen molar-refractivity contribution in [2.75, 3.05) is 0 Å². The normalized spacial score (nSPS) is 10.9. The van der Waals surface area contributed by atoms with Crippen LogP contribution in [0.5, 0.6) is 0 Å². The number of nitrogens with two attached hydrogens (primary N) is 1. The molecule has 0 aliphatic carbocycles. The van der Waals surface area contributed by atoms with Crippen LogP contribution in [0.3, 0.4) is 0 Å². The van der Waals surface area contributed by atoms with Crippen molar-refractivity contribution < 1.29 is 0 Å². The van der Waals surface area contributed by atoms with Gasteiger partial charge in [0.2, 0.25) is 0 Å². The van der Waals surface area contributed by atoms with Crippen LogP contribution in [0, 0.1) is 6.92 Å². The van der Waals surface area contributed by atoms with Crippen LogP contribution in [0.15, 0.2) is 12.3 Å². The van der Waals surface area contributed by atoms with Crippen molar-refractivity contribution in [3.63, 3.8) is 0 Å². The average Bonchev–Trinajstić information content (AvgIpc) is 1.96. The van der Waals surface area contributed by atoms with Gasteiger partial charge in [-0.15, -0.1) is 0 Å². The van der Waals surface area contributed by atoms with E-state index in [1.165, 1.54) is 6.20 Å². The van der Waals surface area contributed by atoms with Crippen LogP contribution in [0.4, 0.5) is 0 Å². The van der Waals surface area contributed by atoms with Gasteiger partial charge in [0.05, 0.1) is 5.02 Å². The van der Waals surface area contributed by atoms with Crippen LogP contribution in [-0.4, -0.2) is 4.98 Å². The summed E-state index contributed by atoms with van der Waals surface area (Å²) in [4.78, 5) is 4.03. The first-order valence-electron chi connectivity index (χ1n) is 3.36. The average molecular weight is 203 g/mol. The largest absolute Gasteiger partial charge is 0.405 e. The Labute approximate surface area is 81.0 Å². The topological polar surface area (TPSA) is 38.9 Å². The SMILES string of the molecule is Cc1nc(Cl)cc(Cl)c1/C=C\N. The fourth-order valence-corrected chi connectivity index (χ4v) is 1.50. The van der Waals surface area contributed by atoms with Gasteiger partial charge in [0, 0.05) is 11.3 Å². The van der Waals surface area contributed by atoms with E-state index in [4.69, 9.17) is 28.9 Å². The van der Waals surface area contributed by atoms with E-state index in [9.17, 15) is 0 Å². The molecule has 1 rings (SSSR count). The third kappa shape index (κ3) is 1.90. The van der Waals surface area contributed by atoms with Crippen molar-refractivity contribution in [3.8, 4) is 0 Å². The summed E-state index contributed by atoms with van der Waals surface area (Å²) in [5.41, 5.74) is 6.82. The molecule has 64 valence electrons. The van der Waals surface area contributed by atoms with Crippen LogP contribution in [0.25, 0.3) is 6.08 Å². The highest BCUT2D eigenvalue weighted by Crippen LogP contribution is 2.22. The summed E-state index contributed by atoms with van der Waals surface area (Å²) in [6.45, 7) is 1.83. The minimum Gasteiger partial charge on any atom is -0.405 e. The molecular weight excluding hydrogens is 195 g/mol. The zero-order valence-corrected chi connectivity index (χ0v) is 8.02. The Morgan fingerprint density at radius 1 is 1.50 bits per heavy atom. The fourth-order valence-electron chi connectivity index (χ4n) is 0.904. The summed E-state index contributed by atoms with van der Waals surface area (Å²) in [6, 6.07) is 1.59. The van der Waals surface area contributed by atoms with Gasteiger partial charge in [0.15, 0.2) is 0 Å². The molecule has 12 heavy (non-hydrogen) atoms. The Morgan fingerprint density at radius 2 is 2.17 bits per heavy atom. The molecule has 0 unspecified atom stereocenters. The molecule has 0 fully saturated rings. The summed E-state index contributed by atoms with van der Waals surface area (Å²) in [5.74, 6) is 0. The lowest BCUT2D eigenvalue weighted by Crippen LogP contribution is -1.89. The molecule has 2 N–H and O–H groups in total. The molecule has 1 aromatic rings. The van der Waals surface area contributed by atoms with Crippen molar-refractivity contribution in [3.05, 3.63) is 33.7 Å². The molecule has 1 heterocycles. The number of hydrogen-bond acceptors (Lipinski definition) is 2. The highest BCUT2D eigenvalue weighted by atomic mass is 35.5. The predicted octanol–water partition coefficient (Wildman–Crippen LogP) is 2.63. The molecule has 0 aromatic carbocycles. The van der Waals surface area contributed by atoms with E-state index in [1.54, 1.807) is 12.1 Å². The second-order valence-corrected chi connectivity index (χ2v) is 3.08. The standard InChI is InChI=1S/C8H8Cl2N2/c1-5-6(2-3-11)7(9)4-8(10)12-5/h2-4H,11H2,1H3/b3-2-. The molecule has 0 spiro atoms. The van der Waals surface area contributed by atoms with Crippen molar-refractivity contribution in [1.82, 2.24) is 4.98 Å². The second kappa shape index (κ2) is 3.78. The maximum absolute atomic E-state index is 5.88. The van der Waals surface area contributed by atoms with Crippen LogP contribution in [0.1, 0.15) is 11.3 Å². The smallest absolute Gasteiger partial charge is 0.130 e. The molecule has 0 amide bonds. The van der Waals surface area contributed by atoms with E-state index in [0.717, 1.165) is 11.3 Å².